The highest BCUT2D eigenvalue weighted by Gasteiger charge is 2.00. The number of halogens is 2. The summed E-state index contributed by atoms with van der Waals surface area (Å²) in [7, 11) is 0. The van der Waals surface area contributed by atoms with Gasteiger partial charge in [0, 0.05) is 28.6 Å². The van der Waals surface area contributed by atoms with Crippen LogP contribution in [-0.2, 0) is 17.3 Å². The molecule has 0 aliphatic heterocycles. The van der Waals surface area contributed by atoms with Gasteiger partial charge in [0.15, 0.2) is 0 Å². The van der Waals surface area contributed by atoms with Crippen LogP contribution in [-0.4, -0.2) is 19.6 Å². The lowest BCUT2D eigenvalue weighted by atomic mass is 10.4. The quantitative estimate of drug-likeness (QED) is 0.805. The van der Waals surface area contributed by atoms with E-state index in [1.54, 1.807) is 0 Å². The first-order valence-corrected chi connectivity index (χ1v) is 6.71. The summed E-state index contributed by atoms with van der Waals surface area (Å²) < 4.78 is 3.73. The summed E-state index contributed by atoms with van der Waals surface area (Å²) in [5, 5.41) is 10.2. The highest BCUT2D eigenvalue weighted by molar-refractivity contribution is 9.08. The summed E-state index contributed by atoms with van der Waals surface area (Å²) in [4.78, 5) is 0. The normalized spacial score (nSPS) is 10.8. The fourth-order valence-corrected chi connectivity index (χ4v) is 1.84. The molecule has 0 saturated heterocycles. The van der Waals surface area contributed by atoms with Crippen LogP contribution in [0.1, 0.15) is 11.3 Å². The van der Waals surface area contributed by atoms with Crippen LogP contribution in [0.25, 0.3) is 0 Å². The highest BCUT2D eigenvalue weighted by atomic mass is 79.9. The van der Waals surface area contributed by atoms with E-state index in [0.29, 0.717) is 6.67 Å². The van der Waals surface area contributed by atoms with Gasteiger partial charge >= 0.3 is 0 Å². The van der Waals surface area contributed by atoms with Gasteiger partial charge in [-0.3, -0.25) is 9.36 Å². The Morgan fingerprint density at radius 3 is 2.67 bits per heavy atom. The molecule has 0 fully saturated rings. The summed E-state index contributed by atoms with van der Waals surface area (Å²) in [5.41, 5.74) is 2.20. The van der Waals surface area contributed by atoms with Gasteiger partial charge in [-0.05, 0) is 6.07 Å². The van der Waals surface area contributed by atoms with Crippen LogP contribution in [0.5, 0.6) is 0 Å². The van der Waals surface area contributed by atoms with Gasteiger partial charge < -0.3 is 0 Å². The molecule has 0 spiro atoms. The van der Waals surface area contributed by atoms with Crippen molar-refractivity contribution in [3.63, 3.8) is 0 Å². The van der Waals surface area contributed by atoms with Crippen LogP contribution in [0.3, 0.4) is 0 Å². The Labute approximate surface area is 105 Å². The standard InChI is InChI=1S/C9H10Br2N4/c10-3-8-5-12-15(6-8)7-14-2-1-9(4-11)13-14/h1-2,5-6H,3-4,7H2. The molecular formula is C9H10Br2N4. The van der Waals surface area contributed by atoms with Gasteiger partial charge in [-0.25, -0.2) is 0 Å². The molecular weight excluding hydrogens is 324 g/mol. The van der Waals surface area contributed by atoms with Crippen molar-refractivity contribution in [3.8, 4) is 0 Å². The van der Waals surface area contributed by atoms with Crippen LogP contribution < -0.4 is 0 Å². The van der Waals surface area contributed by atoms with Gasteiger partial charge in [-0.2, -0.15) is 10.2 Å². The van der Waals surface area contributed by atoms with E-state index in [9.17, 15) is 0 Å². The minimum absolute atomic E-state index is 0.653. The molecule has 0 saturated carbocycles. The molecule has 0 radical (unpaired) electrons. The van der Waals surface area contributed by atoms with Gasteiger partial charge in [0.1, 0.15) is 6.67 Å². The van der Waals surface area contributed by atoms with Gasteiger partial charge in [-0.1, -0.05) is 31.9 Å². The number of hydrogen-bond acceptors (Lipinski definition) is 2. The SMILES string of the molecule is BrCc1cnn(Cn2ccc(CBr)n2)c1. The molecule has 0 amide bonds. The molecule has 2 heterocycles. The van der Waals surface area contributed by atoms with Gasteiger partial charge in [0.2, 0.25) is 0 Å². The van der Waals surface area contributed by atoms with E-state index in [0.717, 1.165) is 16.4 Å². The van der Waals surface area contributed by atoms with E-state index in [4.69, 9.17) is 0 Å². The monoisotopic (exact) mass is 332 g/mol. The van der Waals surface area contributed by atoms with Crippen LogP contribution in [0, 0.1) is 0 Å². The van der Waals surface area contributed by atoms with Crippen molar-refractivity contribution in [2.24, 2.45) is 0 Å². The van der Waals surface area contributed by atoms with Crippen LogP contribution in [0.4, 0.5) is 0 Å². The third kappa shape index (κ3) is 2.69. The minimum atomic E-state index is 0.653. The predicted molar refractivity (Wildman–Crippen MR) is 65.1 cm³/mol. The molecule has 0 atom stereocenters. The first-order chi connectivity index (χ1) is 7.31. The lowest BCUT2D eigenvalue weighted by Crippen LogP contribution is -2.09. The third-order valence-corrected chi connectivity index (χ3v) is 3.19. The Morgan fingerprint density at radius 1 is 1.20 bits per heavy atom. The molecule has 4 nitrogen and oxygen atoms in total. The lowest BCUT2D eigenvalue weighted by Gasteiger charge is -2.00. The summed E-state index contributed by atoms with van der Waals surface area (Å²) in [6.45, 7) is 0.653. The number of aromatic nitrogens is 4. The molecule has 80 valence electrons. The minimum Gasteiger partial charge on any atom is -0.251 e. The Balaban J connectivity index is 2.07. The Bertz CT molecular complexity index is 395. The highest BCUT2D eigenvalue weighted by Crippen LogP contribution is 2.05. The Morgan fingerprint density at radius 2 is 2.07 bits per heavy atom. The topological polar surface area (TPSA) is 35.6 Å². The van der Waals surface area contributed by atoms with Crippen molar-refractivity contribution in [2.75, 3.05) is 0 Å². The van der Waals surface area contributed by atoms with Crippen molar-refractivity contribution in [2.45, 2.75) is 17.3 Å². The predicted octanol–water partition coefficient (Wildman–Crippen LogP) is 2.38. The van der Waals surface area contributed by atoms with Crippen molar-refractivity contribution >= 4 is 31.9 Å². The second kappa shape index (κ2) is 4.94. The van der Waals surface area contributed by atoms with Gasteiger partial charge in [0.25, 0.3) is 0 Å². The maximum absolute atomic E-state index is 4.36. The van der Waals surface area contributed by atoms with Crippen molar-refractivity contribution in [3.05, 3.63) is 35.9 Å². The fourth-order valence-electron chi connectivity index (χ4n) is 1.25. The second-order valence-electron chi connectivity index (χ2n) is 3.14. The largest absolute Gasteiger partial charge is 0.251 e. The lowest BCUT2D eigenvalue weighted by molar-refractivity contribution is 0.500. The van der Waals surface area contributed by atoms with Crippen LogP contribution >= 0.6 is 31.9 Å². The molecule has 2 aromatic rings. The zero-order valence-electron chi connectivity index (χ0n) is 7.98. The first kappa shape index (κ1) is 10.9. The third-order valence-electron chi connectivity index (χ3n) is 1.96. The molecule has 0 unspecified atom stereocenters. The van der Waals surface area contributed by atoms with E-state index in [1.165, 1.54) is 5.56 Å². The molecule has 0 aliphatic carbocycles. The second-order valence-corrected chi connectivity index (χ2v) is 4.26. The molecule has 0 aliphatic rings. The van der Waals surface area contributed by atoms with E-state index in [1.807, 2.05) is 34.0 Å². The maximum Gasteiger partial charge on any atom is 0.133 e. The number of hydrogen-bond donors (Lipinski definition) is 0. The van der Waals surface area contributed by atoms with E-state index >= 15 is 0 Å². The maximum atomic E-state index is 4.36. The zero-order valence-corrected chi connectivity index (χ0v) is 11.1. The summed E-state index contributed by atoms with van der Waals surface area (Å²) in [6, 6.07) is 1.99. The summed E-state index contributed by atoms with van der Waals surface area (Å²) in [5.74, 6) is 0. The number of nitrogens with zero attached hydrogens (tertiary/aromatic N) is 4. The van der Waals surface area contributed by atoms with Gasteiger partial charge in [-0.15, -0.1) is 0 Å². The molecule has 6 heteroatoms. The van der Waals surface area contributed by atoms with E-state index in [2.05, 4.69) is 42.1 Å². The van der Waals surface area contributed by atoms with Crippen LogP contribution in [0.15, 0.2) is 24.7 Å². The molecule has 2 rings (SSSR count). The first-order valence-electron chi connectivity index (χ1n) is 4.47. The van der Waals surface area contributed by atoms with E-state index < -0.39 is 0 Å². The van der Waals surface area contributed by atoms with Gasteiger partial charge in [0.05, 0.1) is 11.9 Å². The zero-order chi connectivity index (χ0) is 10.7. The fraction of sp³-hybridized carbons (Fsp3) is 0.333. The number of rotatable bonds is 4. The van der Waals surface area contributed by atoms with Crippen LogP contribution in [0.2, 0.25) is 0 Å². The smallest absolute Gasteiger partial charge is 0.133 e. The average Bonchev–Trinajstić information content (AvgIpc) is 2.87. The summed E-state index contributed by atoms with van der Waals surface area (Å²) >= 11 is 6.76. The number of alkyl halides is 2. The van der Waals surface area contributed by atoms with Crippen molar-refractivity contribution in [1.29, 1.82) is 0 Å². The molecule has 0 N–H and O–H groups in total. The molecule has 0 bridgehead atoms. The Hall–Kier alpha value is -0.620. The summed E-state index contributed by atoms with van der Waals surface area (Å²) in [6.07, 6.45) is 5.81. The molecule has 0 aromatic carbocycles. The molecule has 15 heavy (non-hydrogen) atoms. The average molecular weight is 334 g/mol. The molecule has 2 aromatic heterocycles. The van der Waals surface area contributed by atoms with Crippen molar-refractivity contribution < 1.29 is 0 Å². The van der Waals surface area contributed by atoms with E-state index in [-0.39, 0.29) is 0 Å². The van der Waals surface area contributed by atoms with Crippen molar-refractivity contribution in [1.82, 2.24) is 19.6 Å². The Kier molecular flexibility index (Phi) is 3.58.